The average Bonchev–Trinajstić information content (AvgIpc) is 2.86. The minimum absolute atomic E-state index is 0.178. The van der Waals surface area contributed by atoms with Crippen LogP contribution < -0.4 is 4.90 Å². The fourth-order valence-corrected chi connectivity index (χ4v) is 4.04. The van der Waals surface area contributed by atoms with Gasteiger partial charge in [-0.3, -0.25) is 9.69 Å². The van der Waals surface area contributed by atoms with Crippen molar-refractivity contribution in [1.29, 1.82) is 0 Å². The zero-order chi connectivity index (χ0) is 16.4. The zero-order valence-corrected chi connectivity index (χ0v) is 15.2. The number of hydrogen-bond acceptors (Lipinski definition) is 4. The molecule has 0 bridgehead atoms. The molecule has 1 saturated carbocycles. The van der Waals surface area contributed by atoms with E-state index in [1.165, 1.54) is 0 Å². The van der Waals surface area contributed by atoms with Gasteiger partial charge in [0.1, 0.15) is 5.52 Å². The Balaban J connectivity index is 1.85. The molecule has 0 spiro atoms. The van der Waals surface area contributed by atoms with Gasteiger partial charge in [-0.15, -0.1) is 0 Å². The molecule has 1 fully saturated rings. The topological polar surface area (TPSA) is 36.4 Å². The second-order valence-corrected chi connectivity index (χ2v) is 7.77. The lowest BCUT2D eigenvalue weighted by Crippen LogP contribution is -2.40. The molecule has 1 aromatic carbocycles. The lowest BCUT2D eigenvalue weighted by Gasteiger charge is -2.30. The standard InChI is InChI=1S/C17H22ClN3OS/c1-20(2)10-5-11-21(16(22)12-6-3-7-12)17-19-15-13(18)8-4-9-14(15)23-17/h4,8-9,12H,3,5-7,10-11H2,1-2H3. The molecule has 0 atom stereocenters. The van der Waals surface area contributed by atoms with Gasteiger partial charge in [0.2, 0.25) is 5.91 Å². The largest absolute Gasteiger partial charge is 0.309 e. The third-order valence-corrected chi connectivity index (χ3v) is 5.65. The van der Waals surface area contributed by atoms with Crippen molar-refractivity contribution in [1.82, 2.24) is 9.88 Å². The van der Waals surface area contributed by atoms with E-state index in [0.29, 0.717) is 11.6 Å². The van der Waals surface area contributed by atoms with Crippen molar-refractivity contribution in [3.8, 4) is 0 Å². The molecule has 1 aliphatic rings. The van der Waals surface area contributed by atoms with E-state index >= 15 is 0 Å². The molecule has 4 nitrogen and oxygen atoms in total. The summed E-state index contributed by atoms with van der Waals surface area (Å²) in [5, 5.41) is 1.43. The van der Waals surface area contributed by atoms with Gasteiger partial charge in [-0.2, -0.15) is 0 Å². The minimum Gasteiger partial charge on any atom is -0.309 e. The van der Waals surface area contributed by atoms with Crippen LogP contribution in [0.2, 0.25) is 5.02 Å². The Morgan fingerprint density at radius 1 is 1.35 bits per heavy atom. The van der Waals surface area contributed by atoms with Crippen molar-refractivity contribution in [3.63, 3.8) is 0 Å². The molecular formula is C17H22ClN3OS. The van der Waals surface area contributed by atoms with Crippen LogP contribution in [-0.2, 0) is 4.79 Å². The Hall–Kier alpha value is -1.17. The second kappa shape index (κ2) is 7.16. The van der Waals surface area contributed by atoms with Crippen molar-refractivity contribution in [2.24, 2.45) is 5.92 Å². The maximum Gasteiger partial charge on any atom is 0.231 e. The van der Waals surface area contributed by atoms with E-state index in [2.05, 4.69) is 24.0 Å². The summed E-state index contributed by atoms with van der Waals surface area (Å²) in [6, 6.07) is 5.78. The predicted molar refractivity (Wildman–Crippen MR) is 97.5 cm³/mol. The molecule has 2 aromatic rings. The van der Waals surface area contributed by atoms with Gasteiger partial charge < -0.3 is 4.90 Å². The Bertz CT molecular complexity index is 696. The number of halogens is 1. The van der Waals surface area contributed by atoms with Gasteiger partial charge in [-0.25, -0.2) is 4.98 Å². The number of fused-ring (bicyclic) bond motifs is 1. The summed E-state index contributed by atoms with van der Waals surface area (Å²) >= 11 is 7.79. The number of hydrogen-bond donors (Lipinski definition) is 0. The third-order valence-electron chi connectivity index (χ3n) is 4.30. The second-order valence-electron chi connectivity index (χ2n) is 6.36. The van der Waals surface area contributed by atoms with Crippen LogP contribution in [-0.4, -0.2) is 43.0 Å². The summed E-state index contributed by atoms with van der Waals surface area (Å²) in [7, 11) is 4.10. The maximum atomic E-state index is 12.8. The van der Waals surface area contributed by atoms with E-state index in [0.717, 1.165) is 47.6 Å². The van der Waals surface area contributed by atoms with Gasteiger partial charge in [-0.1, -0.05) is 35.4 Å². The minimum atomic E-state index is 0.178. The number of para-hydroxylation sites is 1. The molecule has 0 radical (unpaired) electrons. The van der Waals surface area contributed by atoms with Crippen molar-refractivity contribution in [2.75, 3.05) is 32.1 Å². The van der Waals surface area contributed by atoms with Crippen LogP contribution in [0.4, 0.5) is 5.13 Å². The summed E-state index contributed by atoms with van der Waals surface area (Å²) in [6.07, 6.45) is 4.12. The van der Waals surface area contributed by atoms with Crippen molar-refractivity contribution in [2.45, 2.75) is 25.7 Å². The third kappa shape index (κ3) is 3.67. The molecule has 1 heterocycles. The SMILES string of the molecule is CN(C)CCCN(C(=O)C1CCC1)c1nc2c(Cl)cccc2s1. The van der Waals surface area contributed by atoms with Crippen LogP contribution in [0, 0.1) is 5.92 Å². The van der Waals surface area contributed by atoms with E-state index < -0.39 is 0 Å². The number of carbonyl (C=O) groups is 1. The van der Waals surface area contributed by atoms with Crippen LogP contribution in [0.25, 0.3) is 10.2 Å². The molecule has 0 unspecified atom stereocenters. The van der Waals surface area contributed by atoms with Crippen LogP contribution in [0.1, 0.15) is 25.7 Å². The first-order valence-corrected chi connectivity index (χ1v) is 9.27. The lowest BCUT2D eigenvalue weighted by atomic mass is 9.84. The van der Waals surface area contributed by atoms with Crippen LogP contribution in [0.3, 0.4) is 0 Å². The van der Waals surface area contributed by atoms with Crippen LogP contribution in [0.5, 0.6) is 0 Å². The number of rotatable bonds is 6. The molecule has 23 heavy (non-hydrogen) atoms. The van der Waals surface area contributed by atoms with E-state index in [1.54, 1.807) is 11.3 Å². The van der Waals surface area contributed by atoms with Crippen LogP contribution >= 0.6 is 22.9 Å². The summed E-state index contributed by atoms with van der Waals surface area (Å²) < 4.78 is 1.03. The highest BCUT2D eigenvalue weighted by atomic mass is 35.5. The summed E-state index contributed by atoms with van der Waals surface area (Å²) in [6.45, 7) is 1.67. The highest BCUT2D eigenvalue weighted by Gasteiger charge is 2.31. The number of nitrogens with zero attached hydrogens (tertiary/aromatic N) is 3. The summed E-state index contributed by atoms with van der Waals surface area (Å²) in [5.41, 5.74) is 0.799. The first-order chi connectivity index (χ1) is 11.1. The number of amides is 1. The molecule has 1 aliphatic carbocycles. The molecule has 1 amide bonds. The van der Waals surface area contributed by atoms with E-state index in [4.69, 9.17) is 11.6 Å². The quantitative estimate of drug-likeness (QED) is 0.788. The van der Waals surface area contributed by atoms with E-state index in [1.807, 2.05) is 23.1 Å². The number of anilines is 1. The number of carbonyl (C=O) groups excluding carboxylic acids is 1. The highest BCUT2D eigenvalue weighted by Crippen LogP contribution is 2.35. The molecule has 3 rings (SSSR count). The molecular weight excluding hydrogens is 330 g/mol. The lowest BCUT2D eigenvalue weighted by molar-refractivity contribution is -0.124. The molecule has 124 valence electrons. The Morgan fingerprint density at radius 2 is 2.13 bits per heavy atom. The van der Waals surface area contributed by atoms with Gasteiger partial charge >= 0.3 is 0 Å². The van der Waals surface area contributed by atoms with E-state index in [9.17, 15) is 4.79 Å². The number of thiazole rings is 1. The average molecular weight is 352 g/mol. The monoisotopic (exact) mass is 351 g/mol. The molecule has 1 aromatic heterocycles. The fraction of sp³-hybridized carbons (Fsp3) is 0.529. The zero-order valence-electron chi connectivity index (χ0n) is 13.6. The van der Waals surface area contributed by atoms with Gasteiger partial charge in [0.05, 0.1) is 9.72 Å². The summed E-state index contributed by atoms with van der Waals surface area (Å²) in [4.78, 5) is 21.5. The normalized spacial score (nSPS) is 15.1. The van der Waals surface area contributed by atoms with Gasteiger partial charge in [0.25, 0.3) is 0 Å². The first-order valence-electron chi connectivity index (χ1n) is 8.07. The maximum absolute atomic E-state index is 12.8. The van der Waals surface area contributed by atoms with Crippen molar-refractivity contribution < 1.29 is 4.79 Å². The molecule has 0 N–H and O–H groups in total. The van der Waals surface area contributed by atoms with E-state index in [-0.39, 0.29) is 11.8 Å². The Labute approximate surface area is 146 Å². The smallest absolute Gasteiger partial charge is 0.231 e. The number of benzene rings is 1. The molecule has 0 aliphatic heterocycles. The Morgan fingerprint density at radius 3 is 2.74 bits per heavy atom. The van der Waals surface area contributed by atoms with Crippen molar-refractivity contribution in [3.05, 3.63) is 23.2 Å². The molecule has 0 saturated heterocycles. The molecule has 6 heteroatoms. The summed E-state index contributed by atoms with van der Waals surface area (Å²) in [5.74, 6) is 0.405. The van der Waals surface area contributed by atoms with Crippen LogP contribution in [0.15, 0.2) is 18.2 Å². The number of aromatic nitrogens is 1. The van der Waals surface area contributed by atoms with Gasteiger partial charge in [0.15, 0.2) is 5.13 Å². The fourth-order valence-electron chi connectivity index (χ4n) is 2.74. The van der Waals surface area contributed by atoms with Gasteiger partial charge in [-0.05, 0) is 52.0 Å². The highest BCUT2D eigenvalue weighted by molar-refractivity contribution is 7.22. The van der Waals surface area contributed by atoms with Crippen molar-refractivity contribution >= 4 is 44.2 Å². The first kappa shape index (κ1) is 16.7. The van der Waals surface area contributed by atoms with Gasteiger partial charge in [0, 0.05) is 12.5 Å². The Kier molecular flexibility index (Phi) is 5.19. The predicted octanol–water partition coefficient (Wildman–Crippen LogP) is 4.03.